The number of likely N-dealkylation sites (tertiary alicyclic amines) is 1. The average molecular weight is 336 g/mol. The van der Waals surface area contributed by atoms with E-state index in [1.807, 2.05) is 13.8 Å². The number of amides is 2. The first-order valence-corrected chi connectivity index (χ1v) is 8.11. The molecule has 0 saturated carbocycles. The quantitative estimate of drug-likeness (QED) is 0.832. The van der Waals surface area contributed by atoms with Crippen molar-refractivity contribution < 1.29 is 19.5 Å². The number of nitrogens with zero attached hydrogens (tertiary/aromatic N) is 3. The molecule has 2 heterocycles. The summed E-state index contributed by atoms with van der Waals surface area (Å²) in [5.74, 6) is -1.44. The first kappa shape index (κ1) is 18.0. The van der Waals surface area contributed by atoms with Crippen LogP contribution in [0.25, 0.3) is 0 Å². The summed E-state index contributed by atoms with van der Waals surface area (Å²) in [6.45, 7) is 4.78. The number of aromatic amines is 1. The monoisotopic (exact) mass is 336 g/mol. The molecule has 2 amide bonds. The van der Waals surface area contributed by atoms with Crippen LogP contribution in [-0.4, -0.2) is 69.6 Å². The maximum Gasteiger partial charge on any atom is 0.306 e. The van der Waals surface area contributed by atoms with Gasteiger partial charge in [0.15, 0.2) is 0 Å². The van der Waals surface area contributed by atoms with E-state index >= 15 is 0 Å². The third-order valence-electron chi connectivity index (χ3n) is 4.35. The molecule has 8 heteroatoms. The second-order valence-electron chi connectivity index (χ2n) is 6.52. The number of aromatic nitrogens is 2. The highest BCUT2D eigenvalue weighted by atomic mass is 16.4. The Morgan fingerprint density at radius 2 is 2.00 bits per heavy atom. The first-order valence-electron chi connectivity index (χ1n) is 8.11. The predicted molar refractivity (Wildman–Crippen MR) is 86.6 cm³/mol. The summed E-state index contributed by atoms with van der Waals surface area (Å²) in [7, 11) is 1.56. The van der Waals surface area contributed by atoms with E-state index in [1.54, 1.807) is 18.0 Å². The van der Waals surface area contributed by atoms with Gasteiger partial charge in [-0.3, -0.25) is 19.5 Å². The van der Waals surface area contributed by atoms with Crippen molar-refractivity contribution in [3.63, 3.8) is 0 Å². The van der Waals surface area contributed by atoms with Crippen LogP contribution >= 0.6 is 0 Å². The van der Waals surface area contributed by atoms with Gasteiger partial charge in [-0.2, -0.15) is 5.10 Å². The molecule has 2 N–H and O–H groups in total. The van der Waals surface area contributed by atoms with Gasteiger partial charge in [0.05, 0.1) is 12.5 Å². The van der Waals surface area contributed by atoms with Gasteiger partial charge in [-0.15, -0.1) is 0 Å². The summed E-state index contributed by atoms with van der Waals surface area (Å²) in [5, 5.41) is 15.8. The Morgan fingerprint density at radius 1 is 1.38 bits per heavy atom. The van der Waals surface area contributed by atoms with Crippen LogP contribution in [0.1, 0.15) is 48.8 Å². The van der Waals surface area contributed by atoms with Gasteiger partial charge < -0.3 is 14.9 Å². The molecule has 8 nitrogen and oxygen atoms in total. The fraction of sp³-hybridized carbons (Fsp3) is 0.625. The summed E-state index contributed by atoms with van der Waals surface area (Å²) < 4.78 is 0. The van der Waals surface area contributed by atoms with Crippen LogP contribution in [0.5, 0.6) is 0 Å². The van der Waals surface area contributed by atoms with Crippen molar-refractivity contribution in [2.24, 2.45) is 5.92 Å². The van der Waals surface area contributed by atoms with Gasteiger partial charge in [0.1, 0.15) is 5.69 Å². The summed E-state index contributed by atoms with van der Waals surface area (Å²) in [6.07, 6.45) is 0.908. The zero-order valence-electron chi connectivity index (χ0n) is 14.3. The lowest BCUT2D eigenvalue weighted by molar-refractivity contribution is -0.145. The predicted octanol–water partition coefficient (Wildman–Crippen LogP) is 0.928. The molecule has 0 aliphatic carbocycles. The normalized spacial score (nSPS) is 15.6. The molecule has 0 unspecified atom stereocenters. The molecular weight excluding hydrogens is 312 g/mol. The molecule has 1 fully saturated rings. The molecule has 0 aromatic carbocycles. The lowest BCUT2D eigenvalue weighted by atomic mass is 9.97. The largest absolute Gasteiger partial charge is 0.481 e. The van der Waals surface area contributed by atoms with Gasteiger partial charge in [-0.1, -0.05) is 13.8 Å². The summed E-state index contributed by atoms with van der Waals surface area (Å²) >= 11 is 0. The van der Waals surface area contributed by atoms with Gasteiger partial charge in [0.25, 0.3) is 5.91 Å². The van der Waals surface area contributed by atoms with E-state index in [4.69, 9.17) is 5.11 Å². The number of nitrogens with one attached hydrogen (secondary N) is 1. The highest BCUT2D eigenvalue weighted by Gasteiger charge is 2.28. The van der Waals surface area contributed by atoms with Crippen molar-refractivity contribution in [2.75, 3.05) is 26.7 Å². The van der Waals surface area contributed by atoms with Crippen LogP contribution < -0.4 is 0 Å². The number of hydrogen-bond acceptors (Lipinski definition) is 4. The first-order chi connectivity index (χ1) is 11.3. The van der Waals surface area contributed by atoms with Crippen molar-refractivity contribution in [1.82, 2.24) is 20.0 Å². The summed E-state index contributed by atoms with van der Waals surface area (Å²) in [5.41, 5.74) is 1.16. The molecule has 0 atom stereocenters. The number of carboxylic acid groups (broad SMARTS) is 1. The molecule has 24 heavy (non-hydrogen) atoms. The van der Waals surface area contributed by atoms with Crippen molar-refractivity contribution in [2.45, 2.75) is 32.6 Å². The number of carboxylic acids is 1. The summed E-state index contributed by atoms with van der Waals surface area (Å²) in [6, 6.07) is 1.70. The molecule has 0 bridgehead atoms. The van der Waals surface area contributed by atoms with Crippen LogP contribution in [0.4, 0.5) is 0 Å². The highest BCUT2D eigenvalue weighted by Crippen LogP contribution is 2.18. The van der Waals surface area contributed by atoms with Gasteiger partial charge in [-0.25, -0.2) is 0 Å². The van der Waals surface area contributed by atoms with E-state index in [-0.39, 0.29) is 30.2 Å². The topological polar surface area (TPSA) is 107 Å². The highest BCUT2D eigenvalue weighted by molar-refractivity contribution is 5.94. The van der Waals surface area contributed by atoms with E-state index < -0.39 is 5.97 Å². The van der Waals surface area contributed by atoms with Crippen molar-refractivity contribution in [1.29, 1.82) is 0 Å². The fourth-order valence-electron chi connectivity index (χ4n) is 2.69. The molecule has 1 aliphatic heterocycles. The lowest BCUT2D eigenvalue weighted by Crippen LogP contribution is -2.45. The maximum absolute atomic E-state index is 12.3. The minimum Gasteiger partial charge on any atom is -0.481 e. The second kappa shape index (κ2) is 7.46. The van der Waals surface area contributed by atoms with Crippen molar-refractivity contribution in [3.8, 4) is 0 Å². The molecule has 1 aliphatic rings. The van der Waals surface area contributed by atoms with E-state index in [0.717, 1.165) is 5.69 Å². The number of carbonyl (C=O) groups is 3. The van der Waals surface area contributed by atoms with Crippen LogP contribution in [0.15, 0.2) is 6.07 Å². The average Bonchev–Trinajstić information content (AvgIpc) is 3.04. The second-order valence-corrected chi connectivity index (χ2v) is 6.52. The van der Waals surface area contributed by atoms with Gasteiger partial charge >= 0.3 is 5.97 Å². The number of hydrogen-bond donors (Lipinski definition) is 2. The Kier molecular flexibility index (Phi) is 5.58. The molecular formula is C16H24N4O4. The van der Waals surface area contributed by atoms with Gasteiger partial charge in [-0.05, 0) is 24.8 Å². The fourth-order valence-corrected chi connectivity index (χ4v) is 2.69. The third-order valence-corrected chi connectivity index (χ3v) is 4.35. The Balaban J connectivity index is 1.89. The zero-order valence-corrected chi connectivity index (χ0v) is 14.3. The van der Waals surface area contributed by atoms with Gasteiger partial charge in [0, 0.05) is 25.8 Å². The summed E-state index contributed by atoms with van der Waals surface area (Å²) in [4.78, 5) is 38.5. The SMILES string of the molecule is CC(C)c1cc(C(=O)N(C)CC(=O)N2CCC(C(=O)O)CC2)n[nH]1. The molecule has 1 aromatic rings. The number of carbonyl (C=O) groups excluding carboxylic acids is 2. The Hall–Kier alpha value is -2.38. The van der Waals surface area contributed by atoms with E-state index in [9.17, 15) is 14.4 Å². The van der Waals surface area contributed by atoms with Crippen molar-refractivity contribution >= 4 is 17.8 Å². The van der Waals surface area contributed by atoms with Gasteiger partial charge in [0.2, 0.25) is 5.91 Å². The maximum atomic E-state index is 12.3. The standard InChI is InChI=1S/C16H24N4O4/c1-10(2)12-8-13(18-17-12)15(22)19(3)9-14(21)20-6-4-11(5-7-20)16(23)24/h8,10-11H,4-7,9H2,1-3H3,(H,17,18)(H,23,24). The molecule has 0 radical (unpaired) electrons. The lowest BCUT2D eigenvalue weighted by Gasteiger charge is -2.31. The molecule has 132 valence electrons. The van der Waals surface area contributed by atoms with Crippen molar-refractivity contribution in [3.05, 3.63) is 17.5 Å². The van der Waals surface area contributed by atoms with E-state index in [1.165, 1.54) is 4.90 Å². The van der Waals surface area contributed by atoms with Crippen LogP contribution in [0.2, 0.25) is 0 Å². The van der Waals surface area contributed by atoms with Crippen LogP contribution in [0, 0.1) is 5.92 Å². The number of likely N-dealkylation sites (N-methyl/N-ethyl adjacent to an activating group) is 1. The van der Waals surface area contributed by atoms with Crippen LogP contribution in [0.3, 0.4) is 0 Å². The number of aliphatic carboxylic acids is 1. The number of rotatable bonds is 5. The van der Waals surface area contributed by atoms with E-state index in [2.05, 4.69) is 10.2 Å². The Bertz CT molecular complexity index is 617. The smallest absolute Gasteiger partial charge is 0.306 e. The molecule has 0 spiro atoms. The third kappa shape index (κ3) is 4.12. The molecule has 1 aromatic heterocycles. The number of H-pyrrole nitrogens is 1. The minimum atomic E-state index is -0.811. The van der Waals surface area contributed by atoms with E-state index in [0.29, 0.717) is 31.6 Å². The molecule has 1 saturated heterocycles. The number of piperidine rings is 1. The molecule has 2 rings (SSSR count). The minimum absolute atomic E-state index is 0.0412. The Morgan fingerprint density at radius 3 is 2.50 bits per heavy atom. The Labute approximate surface area is 140 Å². The zero-order chi connectivity index (χ0) is 17.9. The van der Waals surface area contributed by atoms with Crippen LogP contribution in [-0.2, 0) is 9.59 Å².